The second-order valence-corrected chi connectivity index (χ2v) is 4.90. The largest absolute Gasteiger partial charge is 0.481 e. The summed E-state index contributed by atoms with van der Waals surface area (Å²) in [6, 6.07) is 6.72. The van der Waals surface area contributed by atoms with E-state index >= 15 is 0 Å². The van der Waals surface area contributed by atoms with Crippen LogP contribution in [0.3, 0.4) is 0 Å². The number of carbonyl (C=O) groups excluding carboxylic acids is 1. The van der Waals surface area contributed by atoms with E-state index in [1.165, 1.54) is 6.21 Å². The lowest BCUT2D eigenvalue weighted by Crippen LogP contribution is -2.40. The number of nitrogens with zero attached hydrogens (tertiary/aromatic N) is 3. The van der Waals surface area contributed by atoms with E-state index in [2.05, 4.69) is 10.1 Å². The topological polar surface area (TPSA) is 118 Å². The monoisotopic (exact) mass is 318 g/mol. The molecule has 0 atom stereocenters. The van der Waals surface area contributed by atoms with Crippen LogP contribution in [-0.2, 0) is 9.53 Å². The van der Waals surface area contributed by atoms with Crippen LogP contribution in [-0.4, -0.2) is 60.1 Å². The van der Waals surface area contributed by atoms with Crippen LogP contribution >= 0.6 is 0 Å². The van der Waals surface area contributed by atoms with Crippen LogP contribution in [0.25, 0.3) is 0 Å². The first-order valence-corrected chi connectivity index (χ1v) is 7.10. The van der Waals surface area contributed by atoms with E-state index in [1.54, 1.807) is 29.2 Å². The van der Waals surface area contributed by atoms with Crippen LogP contribution in [0.15, 0.2) is 34.4 Å². The number of aliphatic carboxylic acids is 1. The highest BCUT2D eigenvalue weighted by Gasteiger charge is 2.18. The minimum Gasteiger partial charge on any atom is -0.481 e. The molecule has 1 fully saturated rings. The molecule has 122 valence electrons. The van der Waals surface area contributed by atoms with Crippen molar-refractivity contribution >= 4 is 29.5 Å². The van der Waals surface area contributed by atoms with E-state index in [4.69, 9.17) is 15.7 Å². The predicted molar refractivity (Wildman–Crippen MR) is 85.2 cm³/mol. The summed E-state index contributed by atoms with van der Waals surface area (Å²) < 4.78 is 5.22. The molecule has 8 nitrogen and oxygen atoms in total. The number of carboxylic acid groups (broad SMARTS) is 1. The molecule has 1 amide bonds. The number of hydrogen-bond donors (Lipinski definition) is 2. The summed E-state index contributed by atoms with van der Waals surface area (Å²) >= 11 is 0. The van der Waals surface area contributed by atoms with Crippen molar-refractivity contribution in [3.63, 3.8) is 0 Å². The van der Waals surface area contributed by atoms with Crippen molar-refractivity contribution in [3.8, 4) is 0 Å². The van der Waals surface area contributed by atoms with Crippen LogP contribution in [0.1, 0.15) is 16.8 Å². The molecule has 0 aliphatic carbocycles. The van der Waals surface area contributed by atoms with Crippen molar-refractivity contribution in [3.05, 3.63) is 29.8 Å². The molecule has 0 radical (unpaired) electrons. The Balaban J connectivity index is 2.01. The first-order chi connectivity index (χ1) is 11.1. The van der Waals surface area contributed by atoms with Crippen molar-refractivity contribution in [2.24, 2.45) is 15.9 Å². The van der Waals surface area contributed by atoms with Crippen LogP contribution in [0, 0.1) is 0 Å². The predicted octanol–water partition coefficient (Wildman–Crippen LogP) is 0.651. The van der Waals surface area contributed by atoms with E-state index in [0.29, 0.717) is 37.6 Å². The molecule has 3 N–H and O–H groups in total. The van der Waals surface area contributed by atoms with E-state index in [0.717, 1.165) is 0 Å². The Morgan fingerprint density at radius 2 is 1.91 bits per heavy atom. The van der Waals surface area contributed by atoms with Crippen molar-refractivity contribution in [2.45, 2.75) is 6.42 Å². The normalized spacial score (nSPS) is 15.8. The summed E-state index contributed by atoms with van der Waals surface area (Å²) in [5.74, 6) is 4.03. The summed E-state index contributed by atoms with van der Waals surface area (Å²) in [5.41, 5.74) is 1.31. The van der Waals surface area contributed by atoms with Crippen molar-refractivity contribution in [1.29, 1.82) is 0 Å². The number of carboxylic acids is 1. The van der Waals surface area contributed by atoms with E-state index < -0.39 is 5.97 Å². The number of ether oxygens (including phenoxy) is 1. The Labute approximate surface area is 133 Å². The lowest BCUT2D eigenvalue weighted by Gasteiger charge is -2.26. The molecule has 8 heteroatoms. The smallest absolute Gasteiger partial charge is 0.309 e. The Kier molecular flexibility index (Phi) is 5.81. The molecule has 23 heavy (non-hydrogen) atoms. The Morgan fingerprint density at radius 1 is 1.26 bits per heavy atom. The molecule has 1 aromatic carbocycles. The quantitative estimate of drug-likeness (QED) is 0.469. The van der Waals surface area contributed by atoms with Gasteiger partial charge in [-0.1, -0.05) is 0 Å². The van der Waals surface area contributed by atoms with Gasteiger partial charge in [0.05, 0.1) is 37.2 Å². The molecule has 0 bridgehead atoms. The number of morpholine rings is 1. The van der Waals surface area contributed by atoms with Gasteiger partial charge in [0, 0.05) is 18.7 Å². The fourth-order valence-corrected chi connectivity index (χ4v) is 2.07. The number of aliphatic imine (C=N–C) groups is 1. The fraction of sp³-hybridized carbons (Fsp3) is 0.333. The summed E-state index contributed by atoms with van der Waals surface area (Å²) in [7, 11) is 0. The number of benzene rings is 1. The lowest BCUT2D eigenvalue weighted by atomic mass is 10.1. The number of amides is 1. The number of nitrogens with two attached hydrogens (primary N) is 1. The lowest BCUT2D eigenvalue weighted by molar-refractivity contribution is -0.135. The molecule has 2 rings (SSSR count). The van der Waals surface area contributed by atoms with Crippen LogP contribution in [0.4, 0.5) is 5.69 Å². The van der Waals surface area contributed by atoms with Gasteiger partial charge in [0.1, 0.15) is 0 Å². The second kappa shape index (κ2) is 8.04. The molecular formula is C15H18N4O4. The summed E-state index contributed by atoms with van der Waals surface area (Å²) in [6.45, 7) is 2.28. The molecule has 0 unspecified atom stereocenters. The summed E-state index contributed by atoms with van der Waals surface area (Å²) in [6.07, 6.45) is 1.00. The zero-order valence-electron chi connectivity index (χ0n) is 12.5. The minimum absolute atomic E-state index is 0.0427. The van der Waals surface area contributed by atoms with Gasteiger partial charge >= 0.3 is 5.97 Å². The molecule has 0 saturated carbocycles. The first kappa shape index (κ1) is 16.6. The van der Waals surface area contributed by atoms with Gasteiger partial charge in [0.25, 0.3) is 5.91 Å². The third-order valence-corrected chi connectivity index (χ3v) is 3.27. The van der Waals surface area contributed by atoms with Crippen molar-refractivity contribution < 1.29 is 19.4 Å². The molecule has 1 aliphatic heterocycles. The minimum atomic E-state index is -1.04. The van der Waals surface area contributed by atoms with Gasteiger partial charge in [-0.25, -0.2) is 0 Å². The zero-order chi connectivity index (χ0) is 16.7. The highest BCUT2D eigenvalue weighted by atomic mass is 16.5. The third-order valence-electron chi connectivity index (χ3n) is 3.27. The Hall–Kier alpha value is -2.74. The SMILES string of the molecule is NN=C(C=Nc1ccc(C(=O)N2CCOCC2)cc1)CC(=O)O. The van der Waals surface area contributed by atoms with Gasteiger partial charge < -0.3 is 20.6 Å². The van der Waals surface area contributed by atoms with Crippen molar-refractivity contribution in [1.82, 2.24) is 4.90 Å². The van der Waals surface area contributed by atoms with E-state index in [1.807, 2.05) is 0 Å². The molecule has 0 spiro atoms. The average Bonchev–Trinajstić information content (AvgIpc) is 2.59. The average molecular weight is 318 g/mol. The number of hydrogen-bond acceptors (Lipinski definition) is 6. The standard InChI is InChI=1S/C15H18N4O4/c16-18-13(9-14(20)21)10-17-12-3-1-11(2-4-12)15(22)19-5-7-23-8-6-19/h1-4,10H,5-9,16H2,(H,20,21). The van der Waals surface area contributed by atoms with Crippen LogP contribution in [0.2, 0.25) is 0 Å². The Morgan fingerprint density at radius 3 is 2.48 bits per heavy atom. The second-order valence-electron chi connectivity index (χ2n) is 4.90. The fourth-order valence-electron chi connectivity index (χ4n) is 2.07. The molecule has 1 heterocycles. The maximum absolute atomic E-state index is 12.3. The number of hydrazone groups is 1. The van der Waals surface area contributed by atoms with Gasteiger partial charge in [-0.05, 0) is 24.3 Å². The number of rotatable bonds is 5. The molecule has 0 aromatic heterocycles. The van der Waals surface area contributed by atoms with Gasteiger partial charge in [-0.3, -0.25) is 14.6 Å². The van der Waals surface area contributed by atoms with Crippen LogP contribution in [0.5, 0.6) is 0 Å². The highest BCUT2D eigenvalue weighted by molar-refractivity contribution is 6.34. The van der Waals surface area contributed by atoms with E-state index in [-0.39, 0.29) is 18.0 Å². The van der Waals surface area contributed by atoms with Crippen LogP contribution < -0.4 is 5.84 Å². The summed E-state index contributed by atoms with van der Waals surface area (Å²) in [5, 5.41) is 12.0. The van der Waals surface area contributed by atoms with Crippen molar-refractivity contribution in [2.75, 3.05) is 26.3 Å². The van der Waals surface area contributed by atoms with Gasteiger partial charge in [-0.2, -0.15) is 5.10 Å². The molecule has 1 aliphatic rings. The number of carbonyl (C=O) groups is 2. The van der Waals surface area contributed by atoms with Gasteiger partial charge in [-0.15, -0.1) is 0 Å². The molecule has 1 aromatic rings. The maximum atomic E-state index is 12.3. The zero-order valence-corrected chi connectivity index (χ0v) is 12.5. The van der Waals surface area contributed by atoms with Gasteiger partial charge in [0.15, 0.2) is 0 Å². The van der Waals surface area contributed by atoms with E-state index in [9.17, 15) is 9.59 Å². The first-order valence-electron chi connectivity index (χ1n) is 7.10. The summed E-state index contributed by atoms with van der Waals surface area (Å²) in [4.78, 5) is 28.7. The highest BCUT2D eigenvalue weighted by Crippen LogP contribution is 2.15. The molecule has 1 saturated heterocycles. The van der Waals surface area contributed by atoms with Gasteiger partial charge in [0.2, 0.25) is 0 Å². The molecular weight excluding hydrogens is 300 g/mol. The maximum Gasteiger partial charge on any atom is 0.309 e. The third kappa shape index (κ3) is 4.89. The Bertz CT molecular complexity index is 619.